The zero-order valence-electron chi connectivity index (χ0n) is 8.78. The summed E-state index contributed by atoms with van der Waals surface area (Å²) < 4.78 is 16.2. The number of hydrogen-bond acceptors (Lipinski definition) is 4. The molecule has 15 heavy (non-hydrogen) atoms. The van der Waals surface area contributed by atoms with Crippen LogP contribution in [0, 0.1) is 0 Å². The molecule has 5 nitrogen and oxygen atoms in total. The smallest absolute Gasteiger partial charge is 0.371 e. The van der Waals surface area contributed by atoms with Crippen molar-refractivity contribution in [2.45, 2.75) is 31.7 Å². The van der Waals surface area contributed by atoms with Crippen LogP contribution in [0.4, 0.5) is 0 Å². The molecule has 0 saturated carbocycles. The Bertz CT molecular complexity index is 312. The SMILES string of the molecule is CC1(C)CC2(C=C(C(=O)O)O1)OCCO2. The Hall–Kier alpha value is -1.07. The summed E-state index contributed by atoms with van der Waals surface area (Å²) in [6, 6.07) is 0. The summed E-state index contributed by atoms with van der Waals surface area (Å²) >= 11 is 0. The summed E-state index contributed by atoms with van der Waals surface area (Å²) in [6.45, 7) is 4.60. The van der Waals surface area contributed by atoms with Gasteiger partial charge in [0, 0.05) is 12.5 Å². The molecule has 84 valence electrons. The molecule has 0 atom stereocenters. The minimum absolute atomic E-state index is 0.104. The van der Waals surface area contributed by atoms with Gasteiger partial charge in [-0.05, 0) is 13.8 Å². The predicted octanol–water partition coefficient (Wildman–Crippen LogP) is 0.897. The molecule has 5 heteroatoms. The van der Waals surface area contributed by atoms with Crippen LogP contribution in [0.25, 0.3) is 0 Å². The average molecular weight is 214 g/mol. The highest BCUT2D eigenvalue weighted by Gasteiger charge is 2.46. The highest BCUT2D eigenvalue weighted by atomic mass is 16.7. The van der Waals surface area contributed by atoms with Gasteiger partial charge in [-0.1, -0.05) is 0 Å². The summed E-state index contributed by atoms with van der Waals surface area (Å²) in [5.41, 5.74) is -0.590. The third-order valence-electron chi connectivity index (χ3n) is 2.40. The van der Waals surface area contributed by atoms with Gasteiger partial charge in [-0.2, -0.15) is 0 Å². The van der Waals surface area contributed by atoms with Crippen LogP contribution < -0.4 is 0 Å². The second-order valence-electron chi connectivity index (χ2n) is 4.36. The maximum absolute atomic E-state index is 10.9. The molecule has 2 aliphatic heterocycles. The monoisotopic (exact) mass is 214 g/mol. The van der Waals surface area contributed by atoms with Crippen LogP contribution in [0.1, 0.15) is 20.3 Å². The van der Waals surface area contributed by atoms with E-state index in [1.54, 1.807) is 0 Å². The Labute approximate surface area is 87.6 Å². The first-order chi connectivity index (χ1) is 6.93. The second kappa shape index (κ2) is 3.21. The fourth-order valence-electron chi connectivity index (χ4n) is 1.97. The van der Waals surface area contributed by atoms with Gasteiger partial charge in [-0.3, -0.25) is 0 Å². The van der Waals surface area contributed by atoms with Crippen molar-refractivity contribution in [3.05, 3.63) is 11.8 Å². The third kappa shape index (κ3) is 1.98. The second-order valence-corrected chi connectivity index (χ2v) is 4.36. The molecular formula is C10H14O5. The zero-order valence-corrected chi connectivity index (χ0v) is 8.78. The van der Waals surface area contributed by atoms with Gasteiger partial charge in [-0.15, -0.1) is 0 Å². The number of carboxylic acids is 1. The molecule has 0 aliphatic carbocycles. The fraction of sp³-hybridized carbons (Fsp3) is 0.700. The van der Waals surface area contributed by atoms with Gasteiger partial charge < -0.3 is 19.3 Å². The van der Waals surface area contributed by atoms with Crippen LogP contribution in [0.3, 0.4) is 0 Å². The molecule has 2 heterocycles. The van der Waals surface area contributed by atoms with E-state index in [0.29, 0.717) is 19.6 Å². The summed E-state index contributed by atoms with van der Waals surface area (Å²) in [7, 11) is 0. The first-order valence-electron chi connectivity index (χ1n) is 4.86. The van der Waals surface area contributed by atoms with Gasteiger partial charge in [0.15, 0.2) is 5.79 Å². The molecule has 2 rings (SSSR count). The molecule has 0 unspecified atom stereocenters. The Morgan fingerprint density at radius 1 is 1.40 bits per heavy atom. The molecule has 0 aromatic heterocycles. The van der Waals surface area contributed by atoms with Crippen molar-refractivity contribution in [3.63, 3.8) is 0 Å². The Morgan fingerprint density at radius 2 is 2.00 bits per heavy atom. The van der Waals surface area contributed by atoms with Crippen LogP contribution in [0.2, 0.25) is 0 Å². The summed E-state index contributed by atoms with van der Waals surface area (Å²) in [6.07, 6.45) is 1.91. The fourth-order valence-corrected chi connectivity index (χ4v) is 1.97. The van der Waals surface area contributed by atoms with Crippen molar-refractivity contribution < 1.29 is 24.1 Å². The minimum atomic E-state index is -1.10. The lowest BCUT2D eigenvalue weighted by atomic mass is 9.94. The molecule has 1 spiro atoms. The number of carbonyl (C=O) groups is 1. The standard InChI is InChI=1S/C10H14O5/c1-9(2)6-10(13-3-4-14-10)5-7(15-9)8(11)12/h5H,3-4,6H2,1-2H3,(H,11,12). The van der Waals surface area contributed by atoms with Crippen molar-refractivity contribution in [1.29, 1.82) is 0 Å². The molecule has 1 fully saturated rings. The van der Waals surface area contributed by atoms with Gasteiger partial charge in [0.1, 0.15) is 5.60 Å². The molecule has 2 aliphatic rings. The van der Waals surface area contributed by atoms with Crippen molar-refractivity contribution in [3.8, 4) is 0 Å². The van der Waals surface area contributed by atoms with E-state index in [9.17, 15) is 4.79 Å². The number of aliphatic carboxylic acids is 1. The quantitative estimate of drug-likeness (QED) is 0.702. The van der Waals surface area contributed by atoms with Crippen LogP contribution in [-0.2, 0) is 19.0 Å². The molecular weight excluding hydrogens is 200 g/mol. The summed E-state index contributed by atoms with van der Waals surface area (Å²) in [5.74, 6) is -2.11. The van der Waals surface area contributed by atoms with Crippen molar-refractivity contribution >= 4 is 5.97 Å². The van der Waals surface area contributed by atoms with Crippen LogP contribution in [0.5, 0.6) is 0 Å². The lowest BCUT2D eigenvalue weighted by Gasteiger charge is -2.38. The van der Waals surface area contributed by atoms with Gasteiger partial charge in [-0.25, -0.2) is 4.79 Å². The average Bonchev–Trinajstić information content (AvgIpc) is 2.49. The van der Waals surface area contributed by atoms with Crippen LogP contribution in [-0.4, -0.2) is 35.7 Å². The number of hydrogen-bond donors (Lipinski definition) is 1. The third-order valence-corrected chi connectivity index (χ3v) is 2.40. The van der Waals surface area contributed by atoms with E-state index in [1.165, 1.54) is 6.08 Å². The topological polar surface area (TPSA) is 65.0 Å². The summed E-state index contributed by atoms with van der Waals surface area (Å²) in [5, 5.41) is 8.91. The number of ether oxygens (including phenoxy) is 3. The van der Waals surface area contributed by atoms with E-state index in [4.69, 9.17) is 19.3 Å². The first-order valence-corrected chi connectivity index (χ1v) is 4.86. The zero-order chi connectivity index (χ0) is 11.1. The van der Waals surface area contributed by atoms with E-state index in [-0.39, 0.29) is 5.76 Å². The number of rotatable bonds is 1. The minimum Gasteiger partial charge on any atom is -0.480 e. The summed E-state index contributed by atoms with van der Waals surface area (Å²) in [4.78, 5) is 10.9. The van der Waals surface area contributed by atoms with E-state index in [1.807, 2.05) is 13.8 Å². The van der Waals surface area contributed by atoms with E-state index >= 15 is 0 Å². The van der Waals surface area contributed by atoms with E-state index < -0.39 is 17.4 Å². The van der Waals surface area contributed by atoms with Crippen molar-refractivity contribution in [1.82, 2.24) is 0 Å². The van der Waals surface area contributed by atoms with Crippen LogP contribution >= 0.6 is 0 Å². The maximum Gasteiger partial charge on any atom is 0.371 e. The molecule has 0 amide bonds. The number of carboxylic acid groups (broad SMARTS) is 1. The highest BCUT2D eigenvalue weighted by Crippen LogP contribution is 2.38. The molecule has 0 aromatic carbocycles. The Morgan fingerprint density at radius 3 is 2.53 bits per heavy atom. The Balaban J connectivity index is 2.32. The highest BCUT2D eigenvalue weighted by molar-refractivity contribution is 5.84. The lowest BCUT2D eigenvalue weighted by molar-refractivity contribution is -0.182. The molecule has 0 aromatic rings. The van der Waals surface area contributed by atoms with Crippen LogP contribution in [0.15, 0.2) is 11.8 Å². The maximum atomic E-state index is 10.9. The predicted molar refractivity (Wildman–Crippen MR) is 50.1 cm³/mol. The van der Waals surface area contributed by atoms with E-state index in [2.05, 4.69) is 0 Å². The largest absolute Gasteiger partial charge is 0.480 e. The van der Waals surface area contributed by atoms with Crippen molar-refractivity contribution in [2.75, 3.05) is 13.2 Å². The lowest BCUT2D eigenvalue weighted by Crippen LogP contribution is -2.44. The molecule has 0 bridgehead atoms. The molecule has 0 radical (unpaired) electrons. The van der Waals surface area contributed by atoms with Gasteiger partial charge in [0.25, 0.3) is 0 Å². The molecule has 1 saturated heterocycles. The Kier molecular flexibility index (Phi) is 2.24. The van der Waals surface area contributed by atoms with Gasteiger partial charge >= 0.3 is 5.97 Å². The van der Waals surface area contributed by atoms with Gasteiger partial charge in [0.05, 0.1) is 13.2 Å². The van der Waals surface area contributed by atoms with E-state index in [0.717, 1.165) is 0 Å². The first kappa shape index (κ1) is 10.4. The van der Waals surface area contributed by atoms with Gasteiger partial charge in [0.2, 0.25) is 5.76 Å². The molecule has 1 N–H and O–H groups in total. The van der Waals surface area contributed by atoms with Crippen molar-refractivity contribution in [2.24, 2.45) is 0 Å². The normalized spacial score (nSPS) is 27.2.